The molecular weight excluding hydrogens is 826 g/mol. The zero-order valence-electron chi connectivity index (χ0n) is 26.3. The van der Waals surface area contributed by atoms with E-state index in [9.17, 15) is 52.8 Å². The molecule has 0 bridgehead atoms. The summed E-state index contributed by atoms with van der Waals surface area (Å²) in [5, 5.41) is 0. The Balaban J connectivity index is 6.16. The van der Waals surface area contributed by atoms with E-state index in [2.05, 4.69) is 0 Å². The van der Waals surface area contributed by atoms with Gasteiger partial charge in [0, 0.05) is 23.5 Å². The van der Waals surface area contributed by atoms with Crippen molar-refractivity contribution in [1.82, 2.24) is 0 Å². The molecule has 0 aliphatic rings. The first-order chi connectivity index (χ1) is 22.6. The highest BCUT2D eigenvalue weighted by Gasteiger charge is 2.38. The molecular formula is C25H40Cl4O16S4. The summed E-state index contributed by atoms with van der Waals surface area (Å²) in [6.45, 7) is -3.35. The Morgan fingerprint density at radius 1 is 0.367 bits per heavy atom. The average Bonchev–Trinajstić information content (AvgIpc) is 3.00. The number of carbonyl (C=O) groups is 4. The maximum absolute atomic E-state index is 12.5. The Bertz CT molecular complexity index is 1290. The molecule has 0 aliphatic carbocycles. The van der Waals surface area contributed by atoms with Crippen molar-refractivity contribution in [2.75, 3.05) is 96.0 Å². The van der Waals surface area contributed by atoms with Crippen LogP contribution in [0.2, 0.25) is 0 Å². The van der Waals surface area contributed by atoms with Gasteiger partial charge in [-0.05, 0) is 0 Å². The lowest BCUT2D eigenvalue weighted by Crippen LogP contribution is -2.44. The summed E-state index contributed by atoms with van der Waals surface area (Å²) in [4.78, 5) is 50.0. The first-order valence-corrected chi connectivity index (χ1v) is 23.8. The second-order valence-corrected chi connectivity index (χ2v) is 21.2. The van der Waals surface area contributed by atoms with Crippen molar-refractivity contribution in [3.63, 3.8) is 0 Å². The van der Waals surface area contributed by atoms with Crippen LogP contribution in [0.4, 0.5) is 0 Å². The zero-order valence-corrected chi connectivity index (χ0v) is 32.6. The van der Waals surface area contributed by atoms with Crippen LogP contribution in [0, 0.1) is 5.41 Å². The van der Waals surface area contributed by atoms with Crippen molar-refractivity contribution in [2.24, 2.45) is 5.41 Å². The third kappa shape index (κ3) is 23.8. The molecule has 0 saturated heterocycles. The lowest BCUT2D eigenvalue weighted by molar-refractivity contribution is -0.170. The third-order valence-corrected chi connectivity index (χ3v) is 14.4. The van der Waals surface area contributed by atoms with Gasteiger partial charge in [0.1, 0.15) is 31.8 Å². The van der Waals surface area contributed by atoms with Crippen LogP contribution >= 0.6 is 46.4 Å². The summed E-state index contributed by atoms with van der Waals surface area (Å²) in [7, 11) is -14.9. The Labute approximate surface area is 306 Å². The van der Waals surface area contributed by atoms with Gasteiger partial charge in [0.25, 0.3) is 0 Å². The molecule has 0 aromatic carbocycles. The minimum absolute atomic E-state index is 0.226. The summed E-state index contributed by atoms with van der Waals surface area (Å²) in [5.41, 5.74) is -1.93. The van der Waals surface area contributed by atoms with Crippen molar-refractivity contribution in [2.45, 2.75) is 25.7 Å². The van der Waals surface area contributed by atoms with E-state index >= 15 is 0 Å². The average molecular weight is 867 g/mol. The molecule has 0 aromatic heterocycles. The van der Waals surface area contributed by atoms with Gasteiger partial charge in [-0.3, -0.25) is 19.2 Å². The Morgan fingerprint density at radius 3 is 0.714 bits per heavy atom. The summed E-state index contributed by atoms with van der Waals surface area (Å²) in [6, 6.07) is 0. The van der Waals surface area contributed by atoms with E-state index < -0.39 is 167 Å². The fourth-order valence-corrected chi connectivity index (χ4v) is 9.80. The van der Waals surface area contributed by atoms with Gasteiger partial charge in [0.15, 0.2) is 39.3 Å². The molecule has 0 unspecified atom stereocenters. The predicted octanol–water partition coefficient (Wildman–Crippen LogP) is 0.320. The summed E-state index contributed by atoms with van der Waals surface area (Å²) < 4.78 is 116. The molecule has 24 heteroatoms. The van der Waals surface area contributed by atoms with Gasteiger partial charge in [0.2, 0.25) is 0 Å². The number of carbonyl (C=O) groups excluding carboxylic acids is 4. The molecule has 49 heavy (non-hydrogen) atoms. The number of esters is 4. The van der Waals surface area contributed by atoms with Crippen LogP contribution < -0.4 is 0 Å². The van der Waals surface area contributed by atoms with Gasteiger partial charge in [-0.15, -0.1) is 46.4 Å². The standard InChI is InChI=1S/C25H40Cl4O16S4/c26-5-13-46(34,35)9-1-21(30)42-17-25(18-43-22(31)2-10-47(36,37)14-6-27,19-44-23(32)3-11-48(38,39)15-7-28)20-45-24(33)4-12-49(40,41)16-8-29/h1-20H2. The third-order valence-electron chi connectivity index (χ3n) is 6.18. The number of hydrogen-bond acceptors (Lipinski definition) is 16. The van der Waals surface area contributed by atoms with E-state index in [-0.39, 0.29) is 23.5 Å². The van der Waals surface area contributed by atoms with E-state index in [4.69, 9.17) is 65.4 Å². The lowest BCUT2D eigenvalue weighted by Gasteiger charge is -2.31. The normalized spacial score (nSPS) is 12.7. The largest absolute Gasteiger partial charge is 0.465 e. The van der Waals surface area contributed by atoms with E-state index in [0.29, 0.717) is 0 Å². The molecule has 0 spiro atoms. The predicted molar refractivity (Wildman–Crippen MR) is 182 cm³/mol. The van der Waals surface area contributed by atoms with Crippen LogP contribution in [0.15, 0.2) is 0 Å². The summed E-state index contributed by atoms with van der Waals surface area (Å²) in [6.07, 6.45) is -2.60. The fraction of sp³-hybridized carbons (Fsp3) is 0.840. The second-order valence-electron chi connectivity index (χ2n) is 10.5. The van der Waals surface area contributed by atoms with Crippen LogP contribution in [0.25, 0.3) is 0 Å². The fourth-order valence-electron chi connectivity index (χ4n) is 3.31. The smallest absolute Gasteiger partial charge is 0.306 e. The van der Waals surface area contributed by atoms with Crippen molar-refractivity contribution >= 4 is 110 Å². The van der Waals surface area contributed by atoms with Crippen LogP contribution in [-0.4, -0.2) is 154 Å². The topological polar surface area (TPSA) is 242 Å². The Hall–Kier alpha value is -1.16. The van der Waals surface area contributed by atoms with Gasteiger partial charge >= 0.3 is 23.9 Å². The summed E-state index contributed by atoms with van der Waals surface area (Å²) in [5.74, 6) is -9.51. The first-order valence-electron chi connectivity index (χ1n) is 14.3. The molecule has 0 aromatic rings. The van der Waals surface area contributed by atoms with Crippen molar-refractivity contribution < 1.29 is 71.8 Å². The second kappa shape index (κ2) is 23.4. The summed E-state index contributed by atoms with van der Waals surface area (Å²) >= 11 is 21.8. The molecule has 16 nitrogen and oxygen atoms in total. The van der Waals surface area contributed by atoms with Crippen molar-refractivity contribution in [3.05, 3.63) is 0 Å². The molecule has 0 saturated carbocycles. The quantitative estimate of drug-likeness (QED) is 0.0584. The van der Waals surface area contributed by atoms with Gasteiger partial charge in [-0.2, -0.15) is 0 Å². The molecule has 0 heterocycles. The minimum atomic E-state index is -3.73. The number of rotatable bonds is 28. The van der Waals surface area contributed by atoms with Gasteiger partial charge in [0.05, 0.1) is 71.7 Å². The number of sulfone groups is 4. The molecule has 0 fully saturated rings. The van der Waals surface area contributed by atoms with Gasteiger partial charge in [-0.1, -0.05) is 0 Å². The van der Waals surface area contributed by atoms with E-state index in [1.54, 1.807) is 0 Å². The van der Waals surface area contributed by atoms with Gasteiger partial charge < -0.3 is 18.9 Å². The molecule has 288 valence electrons. The maximum atomic E-state index is 12.5. The number of halogens is 4. The first kappa shape index (κ1) is 47.8. The maximum Gasteiger partial charge on any atom is 0.306 e. The Morgan fingerprint density at radius 2 is 0.551 bits per heavy atom. The molecule has 0 radical (unpaired) electrons. The highest BCUT2D eigenvalue weighted by atomic mass is 35.5. The Kier molecular flexibility index (Phi) is 22.9. The van der Waals surface area contributed by atoms with E-state index in [0.717, 1.165) is 0 Å². The number of ether oxygens (including phenoxy) is 4. The molecule has 0 N–H and O–H groups in total. The van der Waals surface area contributed by atoms with Crippen LogP contribution in [0.1, 0.15) is 25.7 Å². The molecule has 0 aliphatic heterocycles. The number of alkyl halides is 4. The zero-order chi connectivity index (χ0) is 37.8. The van der Waals surface area contributed by atoms with Crippen LogP contribution in [-0.2, 0) is 77.5 Å². The molecule has 0 atom stereocenters. The minimum Gasteiger partial charge on any atom is -0.465 e. The van der Waals surface area contributed by atoms with Crippen molar-refractivity contribution in [3.8, 4) is 0 Å². The van der Waals surface area contributed by atoms with Crippen LogP contribution in [0.5, 0.6) is 0 Å². The van der Waals surface area contributed by atoms with E-state index in [1.165, 1.54) is 0 Å². The SMILES string of the molecule is O=C(CCS(=O)(=O)CCCl)OCC(COC(=O)CCS(=O)(=O)CCCl)(COC(=O)CCS(=O)(=O)CCCl)COC(=O)CCS(=O)(=O)CCCl. The molecule has 0 amide bonds. The van der Waals surface area contributed by atoms with Crippen molar-refractivity contribution in [1.29, 1.82) is 0 Å². The molecule has 0 rings (SSSR count). The van der Waals surface area contributed by atoms with Crippen LogP contribution in [0.3, 0.4) is 0 Å². The van der Waals surface area contributed by atoms with E-state index in [1.807, 2.05) is 0 Å². The highest BCUT2D eigenvalue weighted by Crippen LogP contribution is 2.23. The highest BCUT2D eigenvalue weighted by molar-refractivity contribution is 7.92. The lowest BCUT2D eigenvalue weighted by atomic mass is 9.92. The number of hydrogen-bond donors (Lipinski definition) is 0. The monoisotopic (exact) mass is 864 g/mol. The van der Waals surface area contributed by atoms with Gasteiger partial charge in [-0.25, -0.2) is 33.7 Å².